The third-order valence-electron chi connectivity index (χ3n) is 3.03. The Hall–Kier alpha value is -1.13. The van der Waals surface area contributed by atoms with Crippen LogP contribution in [0.15, 0.2) is 23.8 Å². The largest absolute Gasteiger partial charge is 0.349 e. The second-order valence-corrected chi connectivity index (χ2v) is 6.01. The molecule has 0 amide bonds. The van der Waals surface area contributed by atoms with Crippen molar-refractivity contribution in [1.82, 2.24) is 9.97 Å². The molecule has 0 aromatic carbocycles. The molecule has 2 heterocycles. The van der Waals surface area contributed by atoms with Gasteiger partial charge in [0.15, 0.2) is 0 Å². The summed E-state index contributed by atoms with van der Waals surface area (Å²) in [6.45, 7) is 7.28. The molecule has 2 aromatic rings. The molecule has 0 radical (unpaired) electrons. The summed E-state index contributed by atoms with van der Waals surface area (Å²) in [5.41, 5.74) is 1.02. The Kier molecular flexibility index (Phi) is 4.77. The predicted octanol–water partition coefficient (Wildman–Crippen LogP) is 4.17. The molecule has 0 saturated carbocycles. The minimum Gasteiger partial charge on any atom is -0.349 e. The number of anilines is 1. The highest BCUT2D eigenvalue weighted by Gasteiger charge is 2.18. The summed E-state index contributed by atoms with van der Waals surface area (Å²) in [6.07, 6.45) is 2.38. The quantitative estimate of drug-likeness (QED) is 0.775. The molecule has 0 aliphatic carbocycles. The molecule has 0 saturated heterocycles. The summed E-state index contributed by atoms with van der Waals surface area (Å²) in [7, 11) is 0. The summed E-state index contributed by atoms with van der Waals surface area (Å²) in [4.78, 5) is 12.1. The van der Waals surface area contributed by atoms with Crippen LogP contribution >= 0.6 is 22.9 Å². The number of rotatable bonds is 5. The van der Waals surface area contributed by atoms with Gasteiger partial charge in [-0.1, -0.05) is 24.6 Å². The maximum absolute atomic E-state index is 6.18. The summed E-state index contributed by atoms with van der Waals surface area (Å²) in [5, 5.41) is 2.66. The van der Waals surface area contributed by atoms with E-state index in [1.165, 1.54) is 4.88 Å². The molecule has 0 bridgehead atoms. The van der Waals surface area contributed by atoms with Gasteiger partial charge in [-0.2, -0.15) is 0 Å². The fourth-order valence-corrected chi connectivity index (χ4v) is 2.97. The van der Waals surface area contributed by atoms with Gasteiger partial charge in [0.2, 0.25) is 0 Å². The van der Waals surface area contributed by atoms with Crippen LogP contribution in [-0.2, 0) is 13.0 Å². The van der Waals surface area contributed by atoms with Gasteiger partial charge in [-0.25, -0.2) is 9.97 Å². The Morgan fingerprint density at radius 1 is 1.37 bits per heavy atom. The Morgan fingerprint density at radius 2 is 2.16 bits per heavy atom. The molecule has 0 fully saturated rings. The van der Waals surface area contributed by atoms with Gasteiger partial charge in [0.1, 0.15) is 17.3 Å². The van der Waals surface area contributed by atoms with E-state index in [9.17, 15) is 0 Å². The predicted molar refractivity (Wildman–Crippen MR) is 82.1 cm³/mol. The monoisotopic (exact) mass is 295 g/mol. The van der Waals surface area contributed by atoms with Crippen molar-refractivity contribution in [2.75, 3.05) is 4.90 Å². The molecule has 0 atom stereocenters. The van der Waals surface area contributed by atoms with Crippen molar-refractivity contribution >= 4 is 28.8 Å². The van der Waals surface area contributed by atoms with Crippen LogP contribution in [0.25, 0.3) is 0 Å². The molecule has 0 aliphatic heterocycles. The highest BCUT2D eigenvalue weighted by molar-refractivity contribution is 7.09. The van der Waals surface area contributed by atoms with Crippen molar-refractivity contribution in [2.24, 2.45) is 0 Å². The van der Waals surface area contributed by atoms with Crippen LogP contribution in [0.4, 0.5) is 5.82 Å². The highest BCUT2D eigenvalue weighted by atomic mass is 35.5. The van der Waals surface area contributed by atoms with E-state index in [1.54, 1.807) is 17.7 Å². The molecule has 0 unspecified atom stereocenters. The zero-order valence-corrected chi connectivity index (χ0v) is 13.0. The number of hydrogen-bond acceptors (Lipinski definition) is 4. The van der Waals surface area contributed by atoms with E-state index in [0.29, 0.717) is 11.2 Å². The van der Waals surface area contributed by atoms with Crippen molar-refractivity contribution in [1.29, 1.82) is 0 Å². The van der Waals surface area contributed by atoms with Gasteiger partial charge in [-0.15, -0.1) is 11.3 Å². The Labute approximate surface area is 123 Å². The second-order valence-electron chi connectivity index (χ2n) is 4.62. The van der Waals surface area contributed by atoms with Crippen LogP contribution in [0.5, 0.6) is 0 Å². The third-order valence-corrected chi connectivity index (χ3v) is 4.21. The van der Waals surface area contributed by atoms with Crippen molar-refractivity contribution < 1.29 is 0 Å². The molecule has 2 aromatic heterocycles. The lowest BCUT2D eigenvalue weighted by atomic mass is 10.2. The molecule has 2 rings (SSSR count). The number of hydrogen-bond donors (Lipinski definition) is 0. The van der Waals surface area contributed by atoms with Crippen LogP contribution in [0.1, 0.15) is 31.2 Å². The van der Waals surface area contributed by atoms with Gasteiger partial charge in [0.05, 0.1) is 6.54 Å². The molecule has 19 heavy (non-hydrogen) atoms. The Morgan fingerprint density at radius 3 is 2.74 bits per heavy atom. The first-order valence-electron chi connectivity index (χ1n) is 6.41. The lowest BCUT2D eigenvalue weighted by Gasteiger charge is -2.29. The van der Waals surface area contributed by atoms with Gasteiger partial charge in [-0.05, 0) is 31.7 Å². The molecular formula is C14H18ClN3S. The van der Waals surface area contributed by atoms with Crippen LogP contribution in [0.3, 0.4) is 0 Å². The standard InChI is InChI=1S/C14H18ClN3S/c1-4-12-13(15)16-9-17-14(12)18(10(2)3)8-11-6-5-7-19-11/h5-7,9-10H,4,8H2,1-3H3. The van der Waals surface area contributed by atoms with Gasteiger partial charge in [-0.3, -0.25) is 0 Å². The first-order valence-corrected chi connectivity index (χ1v) is 7.67. The number of aromatic nitrogens is 2. The summed E-state index contributed by atoms with van der Waals surface area (Å²) in [6, 6.07) is 4.58. The van der Waals surface area contributed by atoms with Crippen LogP contribution < -0.4 is 4.90 Å². The Balaban J connectivity index is 2.36. The van der Waals surface area contributed by atoms with E-state index in [1.807, 2.05) is 0 Å². The third kappa shape index (κ3) is 3.25. The molecule has 0 aliphatic rings. The summed E-state index contributed by atoms with van der Waals surface area (Å²) in [5.74, 6) is 0.950. The molecule has 102 valence electrons. The number of nitrogens with zero attached hydrogens (tertiary/aromatic N) is 3. The lowest BCUT2D eigenvalue weighted by molar-refractivity contribution is 0.671. The number of halogens is 1. The van der Waals surface area contributed by atoms with Gasteiger partial charge >= 0.3 is 0 Å². The summed E-state index contributed by atoms with van der Waals surface area (Å²) >= 11 is 7.95. The van der Waals surface area contributed by atoms with E-state index in [4.69, 9.17) is 11.6 Å². The van der Waals surface area contributed by atoms with Crippen molar-refractivity contribution in [2.45, 2.75) is 39.8 Å². The van der Waals surface area contributed by atoms with Gasteiger partial charge in [0.25, 0.3) is 0 Å². The van der Waals surface area contributed by atoms with Crippen molar-refractivity contribution in [3.63, 3.8) is 0 Å². The maximum Gasteiger partial charge on any atom is 0.137 e. The van der Waals surface area contributed by atoms with E-state index in [2.05, 4.69) is 53.2 Å². The van der Waals surface area contributed by atoms with Gasteiger partial charge in [0, 0.05) is 16.5 Å². The molecular weight excluding hydrogens is 278 g/mol. The highest BCUT2D eigenvalue weighted by Crippen LogP contribution is 2.27. The van der Waals surface area contributed by atoms with Crippen molar-refractivity contribution in [3.8, 4) is 0 Å². The SMILES string of the molecule is CCc1c(Cl)ncnc1N(Cc1cccs1)C(C)C. The van der Waals surface area contributed by atoms with Gasteiger partial charge < -0.3 is 4.90 Å². The first kappa shape index (κ1) is 14.3. The van der Waals surface area contributed by atoms with Crippen LogP contribution in [-0.4, -0.2) is 16.0 Å². The van der Waals surface area contributed by atoms with Crippen LogP contribution in [0, 0.1) is 0 Å². The second kappa shape index (κ2) is 6.35. The number of thiophene rings is 1. The van der Waals surface area contributed by atoms with Crippen molar-refractivity contribution in [3.05, 3.63) is 39.4 Å². The maximum atomic E-state index is 6.18. The van der Waals surface area contributed by atoms with E-state index in [-0.39, 0.29) is 0 Å². The average Bonchev–Trinajstić information content (AvgIpc) is 2.88. The molecule has 3 nitrogen and oxygen atoms in total. The zero-order chi connectivity index (χ0) is 13.8. The fourth-order valence-electron chi connectivity index (χ4n) is 2.01. The minimum atomic E-state index is 0.360. The molecule has 0 N–H and O–H groups in total. The van der Waals surface area contributed by atoms with E-state index in [0.717, 1.165) is 24.3 Å². The average molecular weight is 296 g/mol. The normalized spacial score (nSPS) is 11.0. The molecule has 0 spiro atoms. The summed E-state index contributed by atoms with van der Waals surface area (Å²) < 4.78 is 0. The first-order chi connectivity index (χ1) is 9.13. The van der Waals surface area contributed by atoms with E-state index < -0.39 is 0 Å². The zero-order valence-electron chi connectivity index (χ0n) is 11.4. The van der Waals surface area contributed by atoms with Crippen LogP contribution in [0.2, 0.25) is 5.15 Å². The minimum absolute atomic E-state index is 0.360. The topological polar surface area (TPSA) is 29.0 Å². The Bertz CT molecular complexity index is 525. The lowest BCUT2D eigenvalue weighted by Crippen LogP contribution is -2.31. The van der Waals surface area contributed by atoms with E-state index >= 15 is 0 Å². The smallest absolute Gasteiger partial charge is 0.137 e. The fraction of sp³-hybridized carbons (Fsp3) is 0.429. The molecule has 5 heteroatoms.